The number of hydrogen-bond donors (Lipinski definition) is 1. The molecule has 0 spiro atoms. The van der Waals surface area contributed by atoms with Crippen molar-refractivity contribution < 1.29 is 17.6 Å². The third-order valence-electron chi connectivity index (χ3n) is 2.53. The average Bonchev–Trinajstić information content (AvgIpc) is 2.83. The van der Waals surface area contributed by atoms with E-state index in [4.69, 9.17) is 9.15 Å². The van der Waals surface area contributed by atoms with Crippen LogP contribution in [0.5, 0.6) is 11.8 Å². The minimum atomic E-state index is -3.27. The highest BCUT2D eigenvalue weighted by Gasteiger charge is 2.10. The maximum Gasteiger partial charge on any atom is 0.399 e. The van der Waals surface area contributed by atoms with Crippen molar-refractivity contribution >= 4 is 9.84 Å². The Hall–Kier alpha value is -1.86. The second-order valence-corrected chi connectivity index (χ2v) is 6.25. The number of ether oxygens (including phenoxy) is 1. The van der Waals surface area contributed by atoms with E-state index in [0.717, 1.165) is 18.5 Å². The van der Waals surface area contributed by atoms with Gasteiger partial charge in [0.1, 0.15) is 12.0 Å². The summed E-state index contributed by atoms with van der Waals surface area (Å²) in [5.41, 5.74) is 0.723. The molecule has 0 radical (unpaired) electrons. The lowest BCUT2D eigenvalue weighted by Crippen LogP contribution is -2.11. The Morgan fingerprint density at radius 2 is 2.20 bits per heavy atom. The molecule has 0 bridgehead atoms. The van der Waals surface area contributed by atoms with Crippen LogP contribution < -0.4 is 10.1 Å². The van der Waals surface area contributed by atoms with E-state index in [2.05, 4.69) is 10.3 Å². The van der Waals surface area contributed by atoms with Crippen molar-refractivity contribution in [1.82, 2.24) is 10.3 Å². The zero-order valence-electron chi connectivity index (χ0n) is 11.3. The number of oxazole rings is 1. The summed E-state index contributed by atoms with van der Waals surface area (Å²) in [6.45, 7) is 3.42. The van der Waals surface area contributed by atoms with Gasteiger partial charge in [0.25, 0.3) is 0 Å². The Bertz CT molecular complexity index is 679. The van der Waals surface area contributed by atoms with Gasteiger partial charge in [-0.1, -0.05) is 13.0 Å². The topological polar surface area (TPSA) is 81.4 Å². The summed E-state index contributed by atoms with van der Waals surface area (Å²) in [5.74, 6) is 0.366. The summed E-state index contributed by atoms with van der Waals surface area (Å²) in [6.07, 6.45) is 2.73. The van der Waals surface area contributed by atoms with Crippen LogP contribution in [0.15, 0.2) is 39.8 Å². The molecule has 2 aromatic rings. The van der Waals surface area contributed by atoms with Gasteiger partial charge in [-0.2, -0.15) is 4.98 Å². The molecule has 108 valence electrons. The molecule has 0 fully saturated rings. The summed E-state index contributed by atoms with van der Waals surface area (Å²) in [7, 11) is -3.27. The highest BCUT2D eigenvalue weighted by atomic mass is 32.2. The Labute approximate surface area is 117 Å². The van der Waals surface area contributed by atoms with Crippen LogP contribution >= 0.6 is 0 Å². The van der Waals surface area contributed by atoms with Crippen LogP contribution in [-0.4, -0.2) is 26.2 Å². The standard InChI is InChI=1S/C13H16N2O4S/c1-3-14-8-10-9-18-13(15-10)19-11-5-4-6-12(7-11)20(2,16)17/h4-7,9,14H,3,8H2,1-2H3. The SMILES string of the molecule is CCNCc1coc(Oc2cccc(S(C)(=O)=O)c2)n1. The normalized spacial score (nSPS) is 11.5. The number of rotatable bonds is 6. The molecule has 0 amide bonds. The molecule has 0 saturated carbocycles. The van der Waals surface area contributed by atoms with Gasteiger partial charge in [0.2, 0.25) is 0 Å². The molecule has 0 aliphatic rings. The minimum absolute atomic E-state index is 0.0866. The number of sulfone groups is 1. The molecule has 1 aromatic carbocycles. The molecule has 0 aliphatic heterocycles. The Morgan fingerprint density at radius 3 is 2.90 bits per heavy atom. The predicted octanol–water partition coefficient (Wildman–Crippen LogP) is 1.98. The monoisotopic (exact) mass is 296 g/mol. The Kier molecular flexibility index (Phi) is 4.41. The number of nitrogens with zero attached hydrogens (tertiary/aromatic N) is 1. The summed E-state index contributed by atoms with van der Waals surface area (Å²) < 4.78 is 33.5. The minimum Gasteiger partial charge on any atom is -0.417 e. The number of benzene rings is 1. The van der Waals surface area contributed by atoms with Crippen LogP contribution in [0.25, 0.3) is 0 Å². The summed E-state index contributed by atoms with van der Waals surface area (Å²) in [4.78, 5) is 4.32. The van der Waals surface area contributed by atoms with Crippen molar-refractivity contribution in [2.45, 2.75) is 18.4 Å². The van der Waals surface area contributed by atoms with Crippen LogP contribution in [0, 0.1) is 0 Å². The molecule has 1 N–H and O–H groups in total. The molecule has 7 heteroatoms. The third kappa shape index (κ3) is 3.82. The zero-order valence-corrected chi connectivity index (χ0v) is 12.1. The van der Waals surface area contributed by atoms with E-state index >= 15 is 0 Å². The van der Waals surface area contributed by atoms with Gasteiger partial charge in [0.15, 0.2) is 9.84 Å². The van der Waals surface area contributed by atoms with Crippen LogP contribution in [0.3, 0.4) is 0 Å². The third-order valence-corrected chi connectivity index (χ3v) is 3.64. The van der Waals surface area contributed by atoms with Crippen molar-refractivity contribution in [1.29, 1.82) is 0 Å². The molecule has 0 unspecified atom stereocenters. The molecule has 0 aliphatic carbocycles. The first-order valence-corrected chi connectivity index (χ1v) is 8.01. The first-order valence-electron chi connectivity index (χ1n) is 6.12. The molecular formula is C13H16N2O4S. The lowest BCUT2D eigenvalue weighted by molar-refractivity contribution is 0.330. The van der Waals surface area contributed by atoms with Gasteiger partial charge in [0, 0.05) is 12.8 Å². The quantitative estimate of drug-likeness (QED) is 0.877. The Morgan fingerprint density at radius 1 is 1.40 bits per heavy atom. The summed E-state index contributed by atoms with van der Waals surface area (Å²) >= 11 is 0. The van der Waals surface area contributed by atoms with E-state index in [9.17, 15) is 8.42 Å². The predicted molar refractivity (Wildman–Crippen MR) is 73.5 cm³/mol. The molecular weight excluding hydrogens is 280 g/mol. The van der Waals surface area contributed by atoms with Crippen molar-refractivity contribution in [3.05, 3.63) is 36.2 Å². The first kappa shape index (κ1) is 14.5. The van der Waals surface area contributed by atoms with E-state index in [1.807, 2.05) is 6.92 Å². The number of hydrogen-bond acceptors (Lipinski definition) is 6. The van der Waals surface area contributed by atoms with E-state index in [1.54, 1.807) is 12.1 Å². The molecule has 1 heterocycles. The van der Waals surface area contributed by atoms with Gasteiger partial charge in [-0.05, 0) is 24.7 Å². The lowest BCUT2D eigenvalue weighted by atomic mass is 10.3. The fourth-order valence-corrected chi connectivity index (χ4v) is 2.19. The van der Waals surface area contributed by atoms with Gasteiger partial charge in [-0.3, -0.25) is 0 Å². The van der Waals surface area contributed by atoms with Crippen molar-refractivity contribution in [2.75, 3.05) is 12.8 Å². The maximum atomic E-state index is 11.5. The first-order chi connectivity index (χ1) is 9.49. The zero-order chi connectivity index (χ0) is 14.6. The van der Waals surface area contributed by atoms with Crippen molar-refractivity contribution in [2.24, 2.45) is 0 Å². The molecule has 2 rings (SSSR count). The summed E-state index contributed by atoms with van der Waals surface area (Å²) in [6, 6.07) is 6.19. The smallest absolute Gasteiger partial charge is 0.399 e. The number of nitrogens with one attached hydrogen (secondary N) is 1. The van der Waals surface area contributed by atoms with Crippen molar-refractivity contribution in [3.8, 4) is 11.8 Å². The largest absolute Gasteiger partial charge is 0.417 e. The maximum absolute atomic E-state index is 11.5. The Balaban J connectivity index is 2.12. The van der Waals surface area contributed by atoms with E-state index < -0.39 is 9.84 Å². The van der Waals surface area contributed by atoms with Gasteiger partial charge >= 0.3 is 6.08 Å². The molecule has 0 saturated heterocycles. The fraction of sp³-hybridized carbons (Fsp3) is 0.308. The van der Waals surface area contributed by atoms with Gasteiger partial charge in [0.05, 0.1) is 10.6 Å². The fourth-order valence-electron chi connectivity index (χ4n) is 1.54. The van der Waals surface area contributed by atoms with Crippen LogP contribution in [-0.2, 0) is 16.4 Å². The molecule has 6 nitrogen and oxygen atoms in total. The summed E-state index contributed by atoms with van der Waals surface area (Å²) in [5, 5.41) is 3.11. The highest BCUT2D eigenvalue weighted by Crippen LogP contribution is 2.23. The van der Waals surface area contributed by atoms with E-state index in [0.29, 0.717) is 12.3 Å². The number of aromatic nitrogens is 1. The molecule has 0 atom stereocenters. The molecule has 20 heavy (non-hydrogen) atoms. The lowest BCUT2D eigenvalue weighted by Gasteiger charge is -2.02. The van der Waals surface area contributed by atoms with Crippen molar-refractivity contribution in [3.63, 3.8) is 0 Å². The molecule has 1 aromatic heterocycles. The van der Waals surface area contributed by atoms with Gasteiger partial charge in [-0.25, -0.2) is 8.42 Å². The second kappa shape index (κ2) is 6.06. The van der Waals surface area contributed by atoms with E-state index in [-0.39, 0.29) is 11.0 Å². The van der Waals surface area contributed by atoms with Crippen LogP contribution in [0.1, 0.15) is 12.6 Å². The van der Waals surface area contributed by atoms with Gasteiger partial charge < -0.3 is 14.5 Å². The van der Waals surface area contributed by atoms with Crippen LogP contribution in [0.4, 0.5) is 0 Å². The highest BCUT2D eigenvalue weighted by molar-refractivity contribution is 7.90. The second-order valence-electron chi connectivity index (χ2n) is 4.23. The average molecular weight is 296 g/mol. The van der Waals surface area contributed by atoms with E-state index in [1.165, 1.54) is 18.4 Å². The van der Waals surface area contributed by atoms with Crippen LogP contribution in [0.2, 0.25) is 0 Å². The van der Waals surface area contributed by atoms with Gasteiger partial charge in [-0.15, -0.1) is 0 Å².